The first-order valence-corrected chi connectivity index (χ1v) is 11.8. The van der Waals surface area contributed by atoms with Crippen molar-refractivity contribution in [2.75, 3.05) is 0 Å². The Morgan fingerprint density at radius 1 is 0.824 bits per heavy atom. The summed E-state index contributed by atoms with van der Waals surface area (Å²) in [6.45, 7) is 4.60. The molecule has 0 spiro atoms. The SMILES string of the molecule is Cc1cccc(C)c1-n1nnnc1CSc1nnc(-c2ccccc2F)n1Cc1ccccc1. The third-order valence-corrected chi connectivity index (χ3v) is 6.49. The highest BCUT2D eigenvalue weighted by Crippen LogP contribution is 2.29. The second-order valence-corrected chi connectivity index (χ2v) is 8.84. The highest BCUT2D eigenvalue weighted by atomic mass is 32.2. The molecule has 0 aliphatic rings. The van der Waals surface area contributed by atoms with Gasteiger partial charge in [0.15, 0.2) is 16.8 Å². The predicted molar refractivity (Wildman–Crippen MR) is 129 cm³/mol. The average molecular weight is 472 g/mol. The molecule has 0 N–H and O–H groups in total. The quantitative estimate of drug-likeness (QED) is 0.311. The first kappa shape index (κ1) is 22.0. The Morgan fingerprint density at radius 2 is 1.56 bits per heavy atom. The first-order valence-electron chi connectivity index (χ1n) is 10.8. The van der Waals surface area contributed by atoms with Crippen LogP contribution in [0.15, 0.2) is 78.0 Å². The fourth-order valence-corrected chi connectivity index (χ4v) is 4.73. The molecule has 0 bridgehead atoms. The largest absolute Gasteiger partial charge is 0.297 e. The second-order valence-electron chi connectivity index (χ2n) is 7.89. The highest BCUT2D eigenvalue weighted by molar-refractivity contribution is 7.98. The summed E-state index contributed by atoms with van der Waals surface area (Å²) in [4.78, 5) is 0. The van der Waals surface area contributed by atoms with Crippen LogP contribution in [0.3, 0.4) is 0 Å². The van der Waals surface area contributed by atoms with E-state index in [0.29, 0.717) is 34.7 Å². The van der Waals surface area contributed by atoms with E-state index in [2.05, 4.69) is 25.7 Å². The Labute approximate surface area is 200 Å². The summed E-state index contributed by atoms with van der Waals surface area (Å²) in [5.41, 5.74) is 4.64. The van der Waals surface area contributed by atoms with E-state index in [9.17, 15) is 4.39 Å². The normalized spacial score (nSPS) is 11.1. The Hall–Kier alpha value is -3.85. The molecule has 5 aromatic rings. The summed E-state index contributed by atoms with van der Waals surface area (Å²) in [5.74, 6) is 1.33. The fourth-order valence-electron chi connectivity index (χ4n) is 3.88. The minimum Gasteiger partial charge on any atom is -0.297 e. The van der Waals surface area contributed by atoms with Gasteiger partial charge >= 0.3 is 0 Å². The number of thioether (sulfide) groups is 1. The van der Waals surface area contributed by atoms with Crippen molar-refractivity contribution >= 4 is 11.8 Å². The molecule has 3 aromatic carbocycles. The monoisotopic (exact) mass is 471 g/mol. The Balaban J connectivity index is 1.49. The third-order valence-electron chi connectivity index (χ3n) is 5.53. The van der Waals surface area contributed by atoms with E-state index in [0.717, 1.165) is 22.4 Å². The van der Waals surface area contributed by atoms with Crippen molar-refractivity contribution in [2.45, 2.75) is 31.3 Å². The van der Waals surface area contributed by atoms with Crippen molar-refractivity contribution in [2.24, 2.45) is 0 Å². The van der Waals surface area contributed by atoms with Crippen LogP contribution in [-0.2, 0) is 12.3 Å². The maximum atomic E-state index is 14.6. The Bertz CT molecular complexity index is 1410. The molecule has 0 radical (unpaired) electrons. The van der Waals surface area contributed by atoms with Gasteiger partial charge in [-0.2, -0.15) is 4.68 Å². The molecule has 7 nitrogen and oxygen atoms in total. The van der Waals surface area contributed by atoms with E-state index in [1.54, 1.807) is 22.9 Å². The van der Waals surface area contributed by atoms with Crippen LogP contribution in [0.5, 0.6) is 0 Å². The summed E-state index contributed by atoms with van der Waals surface area (Å²) in [6, 6.07) is 22.7. The zero-order valence-electron chi connectivity index (χ0n) is 18.8. The molecule has 0 unspecified atom stereocenters. The molecule has 2 heterocycles. The van der Waals surface area contributed by atoms with E-state index >= 15 is 0 Å². The molecule has 0 saturated heterocycles. The van der Waals surface area contributed by atoms with Gasteiger partial charge in [0.05, 0.1) is 23.5 Å². The van der Waals surface area contributed by atoms with Crippen LogP contribution in [0.4, 0.5) is 4.39 Å². The van der Waals surface area contributed by atoms with Gasteiger partial charge in [0.25, 0.3) is 0 Å². The number of rotatable bonds is 7. The number of nitrogens with zero attached hydrogens (tertiary/aromatic N) is 7. The molecule has 0 amide bonds. The number of aryl methyl sites for hydroxylation is 2. The van der Waals surface area contributed by atoms with Crippen LogP contribution in [0.1, 0.15) is 22.5 Å². The number of benzene rings is 3. The maximum Gasteiger partial charge on any atom is 0.192 e. The summed E-state index contributed by atoms with van der Waals surface area (Å²) in [7, 11) is 0. The molecular weight excluding hydrogens is 449 g/mol. The number of para-hydroxylation sites is 1. The highest BCUT2D eigenvalue weighted by Gasteiger charge is 2.19. The van der Waals surface area contributed by atoms with E-state index in [1.165, 1.54) is 17.8 Å². The van der Waals surface area contributed by atoms with Crippen molar-refractivity contribution < 1.29 is 4.39 Å². The molecule has 34 heavy (non-hydrogen) atoms. The van der Waals surface area contributed by atoms with E-state index in [-0.39, 0.29) is 5.82 Å². The number of aromatic nitrogens is 7. The van der Waals surface area contributed by atoms with Gasteiger partial charge in [0.1, 0.15) is 5.82 Å². The van der Waals surface area contributed by atoms with Crippen LogP contribution >= 0.6 is 11.8 Å². The Kier molecular flexibility index (Phi) is 6.18. The van der Waals surface area contributed by atoms with Crippen molar-refractivity contribution in [3.63, 3.8) is 0 Å². The summed E-state index contributed by atoms with van der Waals surface area (Å²) < 4.78 is 18.3. The zero-order valence-corrected chi connectivity index (χ0v) is 19.6. The van der Waals surface area contributed by atoms with Crippen LogP contribution in [0, 0.1) is 19.7 Å². The fraction of sp³-hybridized carbons (Fsp3) is 0.160. The lowest BCUT2D eigenvalue weighted by molar-refractivity contribution is 0.626. The molecule has 5 rings (SSSR count). The van der Waals surface area contributed by atoms with Gasteiger partial charge in [-0.25, -0.2) is 4.39 Å². The molecule has 0 saturated carbocycles. The number of hydrogen-bond acceptors (Lipinski definition) is 6. The average Bonchev–Trinajstić information content (AvgIpc) is 3.46. The van der Waals surface area contributed by atoms with Gasteiger partial charge in [0, 0.05) is 0 Å². The van der Waals surface area contributed by atoms with Crippen LogP contribution in [-0.4, -0.2) is 35.0 Å². The number of halogens is 1. The van der Waals surface area contributed by atoms with Crippen molar-refractivity contribution in [1.82, 2.24) is 35.0 Å². The molecule has 9 heteroatoms. The van der Waals surface area contributed by atoms with Gasteiger partial charge in [-0.15, -0.1) is 15.3 Å². The van der Waals surface area contributed by atoms with Crippen molar-refractivity contribution in [3.05, 3.63) is 101 Å². The van der Waals surface area contributed by atoms with Crippen LogP contribution in [0.25, 0.3) is 17.1 Å². The van der Waals surface area contributed by atoms with E-state index < -0.39 is 0 Å². The maximum absolute atomic E-state index is 14.6. The van der Waals surface area contributed by atoms with Gasteiger partial charge in [-0.3, -0.25) is 4.57 Å². The van der Waals surface area contributed by atoms with Crippen molar-refractivity contribution in [1.29, 1.82) is 0 Å². The van der Waals surface area contributed by atoms with Crippen LogP contribution < -0.4 is 0 Å². The third kappa shape index (κ3) is 4.34. The summed E-state index contributed by atoms with van der Waals surface area (Å²) in [5, 5.41) is 21.8. The minimum atomic E-state index is -0.334. The topological polar surface area (TPSA) is 74.3 Å². The standard InChI is InChI=1S/C25H22FN7S/c1-17-9-8-10-18(2)23(17)33-22(27-30-31-33)16-34-25-29-28-24(20-13-6-7-14-21(20)26)32(25)15-19-11-4-3-5-12-19/h3-14H,15-16H2,1-2H3. The second kappa shape index (κ2) is 9.56. The smallest absolute Gasteiger partial charge is 0.192 e. The van der Waals surface area contributed by atoms with Gasteiger partial charge in [-0.05, 0) is 53.1 Å². The van der Waals surface area contributed by atoms with Gasteiger partial charge in [-0.1, -0.05) is 72.4 Å². The van der Waals surface area contributed by atoms with E-state index in [1.807, 2.05) is 66.9 Å². The van der Waals surface area contributed by atoms with Gasteiger partial charge in [0.2, 0.25) is 0 Å². The number of tetrazole rings is 1. The molecular formula is C25H22FN7S. The molecule has 0 atom stereocenters. The predicted octanol–water partition coefficient (Wildman–Crippen LogP) is 5.02. The summed E-state index contributed by atoms with van der Waals surface area (Å²) in [6.07, 6.45) is 0. The van der Waals surface area contributed by atoms with Crippen LogP contribution in [0.2, 0.25) is 0 Å². The molecule has 0 aliphatic carbocycles. The summed E-state index contributed by atoms with van der Waals surface area (Å²) >= 11 is 1.47. The molecule has 0 aliphatic heterocycles. The number of hydrogen-bond donors (Lipinski definition) is 0. The lowest BCUT2D eigenvalue weighted by Crippen LogP contribution is -2.07. The molecule has 170 valence electrons. The van der Waals surface area contributed by atoms with Crippen molar-refractivity contribution in [3.8, 4) is 17.1 Å². The zero-order chi connectivity index (χ0) is 23.5. The molecule has 0 fully saturated rings. The lowest BCUT2D eigenvalue weighted by atomic mass is 10.1. The minimum absolute atomic E-state index is 0.334. The molecule has 2 aromatic heterocycles. The first-order chi connectivity index (χ1) is 16.6. The Morgan fingerprint density at radius 3 is 2.32 bits per heavy atom. The van der Waals surface area contributed by atoms with Gasteiger partial charge < -0.3 is 0 Å². The van der Waals surface area contributed by atoms with E-state index in [4.69, 9.17) is 0 Å². The lowest BCUT2D eigenvalue weighted by Gasteiger charge is -2.12.